The van der Waals surface area contributed by atoms with E-state index in [-0.39, 0.29) is 27.5 Å². The third-order valence-corrected chi connectivity index (χ3v) is 6.47. The molecule has 0 heterocycles. The van der Waals surface area contributed by atoms with Crippen molar-refractivity contribution >= 4 is 114 Å². The first-order valence-corrected chi connectivity index (χ1v) is 10.8. The zero-order chi connectivity index (χ0) is 21.8. The predicted molar refractivity (Wildman–Crippen MR) is 124 cm³/mol. The summed E-state index contributed by atoms with van der Waals surface area (Å²) in [6.07, 6.45) is -1.44. The van der Waals surface area contributed by atoms with Crippen molar-refractivity contribution in [3.63, 3.8) is 0 Å². The van der Waals surface area contributed by atoms with Gasteiger partial charge < -0.3 is 20.5 Å². The van der Waals surface area contributed by atoms with Gasteiger partial charge >= 0.3 is 11.9 Å². The van der Waals surface area contributed by atoms with Crippen molar-refractivity contribution < 1.29 is 33.4 Å². The molecule has 0 aliphatic rings. The first kappa shape index (κ1) is 25.3. The standard InChI is InChI=1S/C15H12ClI3N2O7/c1-4(22)27-3-6(28-5(2)23)15(26)21-12-10(18)7(13(16)24)9(17)8(11(12)19)14(20)25/h6H,3H2,1-2H3,(H2,20,25)(H,21,26). The lowest BCUT2D eigenvalue weighted by Crippen LogP contribution is -2.37. The van der Waals surface area contributed by atoms with E-state index in [9.17, 15) is 24.0 Å². The van der Waals surface area contributed by atoms with Crippen molar-refractivity contribution in [1.82, 2.24) is 0 Å². The number of hydrogen-bond acceptors (Lipinski definition) is 7. The first-order chi connectivity index (χ1) is 12.9. The smallest absolute Gasteiger partial charge is 0.303 e. The Bertz CT molecular complexity index is 835. The molecule has 0 aromatic heterocycles. The zero-order valence-electron chi connectivity index (χ0n) is 14.2. The third kappa shape index (κ3) is 6.38. The summed E-state index contributed by atoms with van der Waals surface area (Å²) in [6.45, 7) is 1.70. The van der Waals surface area contributed by atoms with Gasteiger partial charge in [-0.1, -0.05) is 0 Å². The molecule has 0 spiro atoms. The molecule has 9 nitrogen and oxygen atoms in total. The molecule has 1 aromatic rings. The number of rotatable bonds is 7. The van der Waals surface area contributed by atoms with Gasteiger partial charge in [-0.3, -0.25) is 24.0 Å². The Kier molecular flexibility index (Phi) is 9.81. The fraction of sp³-hybridized carbons (Fsp3) is 0.267. The van der Waals surface area contributed by atoms with Crippen molar-refractivity contribution in [2.45, 2.75) is 20.0 Å². The third-order valence-electron chi connectivity index (χ3n) is 3.05. The Labute approximate surface area is 205 Å². The lowest BCUT2D eigenvalue weighted by Gasteiger charge is -2.20. The van der Waals surface area contributed by atoms with Crippen molar-refractivity contribution in [3.05, 3.63) is 21.8 Å². The van der Waals surface area contributed by atoms with Crippen LogP contribution in [0, 0.1) is 10.7 Å². The number of benzene rings is 1. The van der Waals surface area contributed by atoms with E-state index in [0.717, 1.165) is 13.8 Å². The molecule has 0 saturated carbocycles. The van der Waals surface area contributed by atoms with E-state index in [1.54, 1.807) is 67.8 Å². The van der Waals surface area contributed by atoms with E-state index in [2.05, 4.69) is 5.32 Å². The molecule has 0 bridgehead atoms. The van der Waals surface area contributed by atoms with Crippen LogP contribution in [0.3, 0.4) is 0 Å². The number of amides is 2. The van der Waals surface area contributed by atoms with Crippen LogP contribution in [0.2, 0.25) is 0 Å². The van der Waals surface area contributed by atoms with Gasteiger partial charge in [-0.05, 0) is 79.4 Å². The second-order valence-corrected chi connectivity index (χ2v) is 8.67. The molecule has 1 unspecified atom stereocenters. The van der Waals surface area contributed by atoms with Gasteiger partial charge in [0.2, 0.25) is 6.10 Å². The number of esters is 2. The van der Waals surface area contributed by atoms with E-state index >= 15 is 0 Å². The summed E-state index contributed by atoms with van der Waals surface area (Å²) in [7, 11) is 0. The monoisotopic (exact) mass is 748 g/mol. The number of carbonyl (C=O) groups is 5. The van der Waals surface area contributed by atoms with Crippen LogP contribution >= 0.6 is 79.4 Å². The van der Waals surface area contributed by atoms with Gasteiger partial charge in [0, 0.05) is 17.4 Å². The first-order valence-electron chi connectivity index (χ1n) is 7.19. The maximum Gasteiger partial charge on any atom is 0.303 e. The molecule has 0 radical (unpaired) electrons. The molecule has 1 rings (SSSR count). The second-order valence-electron chi connectivity index (χ2n) is 5.09. The molecule has 152 valence electrons. The average molecular weight is 748 g/mol. The van der Waals surface area contributed by atoms with Gasteiger partial charge in [0.25, 0.3) is 17.1 Å². The van der Waals surface area contributed by atoms with Crippen LogP contribution < -0.4 is 11.1 Å². The molecule has 1 atom stereocenters. The van der Waals surface area contributed by atoms with Gasteiger partial charge in [-0.25, -0.2) is 0 Å². The number of halogens is 4. The van der Waals surface area contributed by atoms with Gasteiger partial charge in [0.05, 0.1) is 24.0 Å². The van der Waals surface area contributed by atoms with Crippen LogP contribution in [-0.4, -0.2) is 41.7 Å². The molecule has 2 amide bonds. The number of carbonyl (C=O) groups excluding carboxylic acids is 5. The molecular weight excluding hydrogens is 736 g/mol. The number of ether oxygens (including phenoxy) is 2. The highest BCUT2D eigenvalue weighted by atomic mass is 127. The van der Waals surface area contributed by atoms with E-state index in [1.807, 2.05) is 0 Å². The molecule has 0 fully saturated rings. The maximum atomic E-state index is 12.6. The van der Waals surface area contributed by atoms with Crippen molar-refractivity contribution in [1.29, 1.82) is 0 Å². The van der Waals surface area contributed by atoms with Crippen LogP contribution in [0.4, 0.5) is 5.69 Å². The number of hydrogen-bond donors (Lipinski definition) is 2. The van der Waals surface area contributed by atoms with Crippen molar-refractivity contribution in [2.24, 2.45) is 5.73 Å². The van der Waals surface area contributed by atoms with Crippen LogP contribution in [-0.2, 0) is 23.9 Å². The topological polar surface area (TPSA) is 142 Å². The van der Waals surface area contributed by atoms with Gasteiger partial charge in [-0.2, -0.15) is 0 Å². The number of nitrogens with one attached hydrogen (secondary N) is 1. The number of primary amides is 1. The van der Waals surface area contributed by atoms with Crippen molar-refractivity contribution in [2.75, 3.05) is 11.9 Å². The number of anilines is 1. The zero-order valence-corrected chi connectivity index (χ0v) is 21.5. The van der Waals surface area contributed by atoms with Crippen LogP contribution in [0.25, 0.3) is 0 Å². The average Bonchev–Trinajstić information content (AvgIpc) is 2.53. The summed E-state index contributed by atoms with van der Waals surface area (Å²) >= 11 is 11.0. The van der Waals surface area contributed by atoms with Crippen LogP contribution in [0.15, 0.2) is 0 Å². The SMILES string of the molecule is CC(=O)OCC(OC(C)=O)C(=O)Nc1c(I)c(C(N)=O)c(I)c(C(=O)Cl)c1I. The normalized spacial score (nSPS) is 11.4. The Balaban J connectivity index is 3.43. The Morgan fingerprint density at radius 1 is 1.00 bits per heavy atom. The quantitative estimate of drug-likeness (QED) is 0.248. The summed E-state index contributed by atoms with van der Waals surface area (Å²) in [5.74, 6) is -3.10. The second kappa shape index (κ2) is 10.9. The van der Waals surface area contributed by atoms with E-state index in [0.29, 0.717) is 0 Å². The molecule has 0 aliphatic heterocycles. The predicted octanol–water partition coefficient (Wildman–Crippen LogP) is 2.41. The molecule has 3 N–H and O–H groups in total. The molecule has 0 saturated heterocycles. The number of nitrogens with two attached hydrogens (primary N) is 1. The summed E-state index contributed by atoms with van der Waals surface area (Å²) in [6, 6.07) is 0. The molecule has 1 aromatic carbocycles. The van der Waals surface area contributed by atoms with E-state index in [1.165, 1.54) is 0 Å². The minimum absolute atomic E-state index is 0.00333. The highest BCUT2D eigenvalue weighted by Crippen LogP contribution is 2.36. The minimum atomic E-state index is -1.44. The summed E-state index contributed by atoms with van der Waals surface area (Å²) in [5, 5.41) is 1.63. The fourth-order valence-electron chi connectivity index (χ4n) is 1.92. The molecule has 28 heavy (non-hydrogen) atoms. The minimum Gasteiger partial charge on any atom is -0.461 e. The maximum absolute atomic E-state index is 12.6. The highest BCUT2D eigenvalue weighted by Gasteiger charge is 2.30. The van der Waals surface area contributed by atoms with Crippen LogP contribution in [0.5, 0.6) is 0 Å². The lowest BCUT2D eigenvalue weighted by atomic mass is 10.1. The van der Waals surface area contributed by atoms with Gasteiger partial charge in [0.15, 0.2) is 0 Å². The van der Waals surface area contributed by atoms with Gasteiger partial charge in [0.1, 0.15) is 6.61 Å². The fourth-order valence-corrected chi connectivity index (χ4v) is 6.89. The Hall–Kier alpha value is -0.750. The van der Waals surface area contributed by atoms with Crippen molar-refractivity contribution in [3.8, 4) is 0 Å². The molecular formula is C15H12ClI3N2O7. The summed E-state index contributed by atoms with van der Waals surface area (Å²) in [4.78, 5) is 58.5. The highest BCUT2D eigenvalue weighted by molar-refractivity contribution is 14.1. The summed E-state index contributed by atoms with van der Waals surface area (Å²) < 4.78 is 10.4. The molecule has 13 heteroatoms. The van der Waals surface area contributed by atoms with Gasteiger partial charge in [-0.15, -0.1) is 0 Å². The van der Waals surface area contributed by atoms with Crippen LogP contribution in [0.1, 0.15) is 34.6 Å². The van der Waals surface area contributed by atoms with E-state index < -0.39 is 41.7 Å². The largest absolute Gasteiger partial charge is 0.461 e. The Morgan fingerprint density at radius 2 is 1.54 bits per heavy atom. The Morgan fingerprint density at radius 3 is 1.96 bits per heavy atom. The van der Waals surface area contributed by atoms with E-state index in [4.69, 9.17) is 26.8 Å². The summed E-state index contributed by atoms with van der Waals surface area (Å²) in [5.41, 5.74) is 5.48. The molecule has 0 aliphatic carbocycles. The lowest BCUT2D eigenvalue weighted by molar-refractivity contribution is -0.160.